The van der Waals surface area contributed by atoms with E-state index in [-0.39, 0.29) is 12.5 Å². The molecule has 0 bridgehead atoms. The zero-order valence-electron chi connectivity index (χ0n) is 15.1. The molecule has 5 nitrogen and oxygen atoms in total. The van der Waals surface area contributed by atoms with Gasteiger partial charge in [-0.3, -0.25) is 9.69 Å². The van der Waals surface area contributed by atoms with Gasteiger partial charge in [-0.1, -0.05) is 56.5 Å². The lowest BCUT2D eigenvalue weighted by Crippen LogP contribution is -2.41. The summed E-state index contributed by atoms with van der Waals surface area (Å²) in [6, 6.07) is 7.92. The molecule has 0 aliphatic carbocycles. The van der Waals surface area contributed by atoms with Crippen LogP contribution in [-0.4, -0.2) is 36.6 Å². The van der Waals surface area contributed by atoms with Gasteiger partial charge < -0.3 is 10.1 Å². The van der Waals surface area contributed by atoms with Gasteiger partial charge in [0.05, 0.1) is 6.61 Å². The van der Waals surface area contributed by atoms with Gasteiger partial charge in [-0.2, -0.15) is 0 Å². The van der Waals surface area contributed by atoms with E-state index in [9.17, 15) is 9.59 Å². The number of unbranched alkanes of at least 4 members (excludes halogenated alkanes) is 2. The predicted molar refractivity (Wildman–Crippen MR) is 95.8 cm³/mol. The lowest BCUT2D eigenvalue weighted by molar-refractivity contribution is -0.122. The van der Waals surface area contributed by atoms with Crippen molar-refractivity contribution in [3.8, 4) is 0 Å². The summed E-state index contributed by atoms with van der Waals surface area (Å²) < 4.78 is 5.28. The third-order valence-corrected chi connectivity index (χ3v) is 3.62. The van der Waals surface area contributed by atoms with Gasteiger partial charge in [0.2, 0.25) is 5.91 Å². The summed E-state index contributed by atoms with van der Waals surface area (Å²) >= 11 is 0. The standard InChI is InChI=1S/C19H30N2O3/c1-4-6-11-20-18(22)15-21(19(23)24-12-7-5-2)14-17-10-8-9-16(3)13-17/h8-10,13H,4-7,11-12,14-15H2,1-3H3,(H,20,22). The van der Waals surface area contributed by atoms with Gasteiger partial charge in [0.1, 0.15) is 6.54 Å². The van der Waals surface area contributed by atoms with Crippen LogP contribution in [0.15, 0.2) is 24.3 Å². The Morgan fingerprint density at radius 3 is 2.58 bits per heavy atom. The van der Waals surface area contributed by atoms with Crippen molar-refractivity contribution in [3.05, 3.63) is 35.4 Å². The summed E-state index contributed by atoms with van der Waals surface area (Å²) in [7, 11) is 0. The molecule has 0 aliphatic rings. The summed E-state index contributed by atoms with van der Waals surface area (Å²) in [5.74, 6) is -0.149. The van der Waals surface area contributed by atoms with E-state index >= 15 is 0 Å². The highest BCUT2D eigenvalue weighted by Gasteiger charge is 2.19. The fraction of sp³-hybridized carbons (Fsp3) is 0.579. The molecule has 24 heavy (non-hydrogen) atoms. The molecule has 1 N–H and O–H groups in total. The SMILES string of the molecule is CCCCNC(=O)CN(Cc1cccc(C)c1)C(=O)OCCCC. The molecule has 0 saturated heterocycles. The van der Waals surface area contributed by atoms with Crippen molar-refractivity contribution in [3.63, 3.8) is 0 Å². The topological polar surface area (TPSA) is 58.6 Å². The largest absolute Gasteiger partial charge is 0.449 e. The molecule has 1 rings (SSSR count). The van der Waals surface area contributed by atoms with E-state index in [2.05, 4.69) is 12.2 Å². The second-order valence-electron chi connectivity index (χ2n) is 6.02. The second kappa shape index (κ2) is 11.5. The smallest absolute Gasteiger partial charge is 0.410 e. The molecule has 0 atom stereocenters. The Balaban J connectivity index is 2.67. The van der Waals surface area contributed by atoms with E-state index in [1.54, 1.807) is 0 Å². The maximum absolute atomic E-state index is 12.3. The predicted octanol–water partition coefficient (Wildman–Crippen LogP) is 3.65. The van der Waals surface area contributed by atoms with Crippen molar-refractivity contribution in [2.24, 2.45) is 0 Å². The van der Waals surface area contributed by atoms with Crippen LogP contribution in [0, 0.1) is 6.92 Å². The number of nitrogens with zero attached hydrogens (tertiary/aromatic N) is 1. The van der Waals surface area contributed by atoms with Crippen molar-refractivity contribution in [2.45, 2.75) is 53.0 Å². The number of hydrogen-bond donors (Lipinski definition) is 1. The minimum Gasteiger partial charge on any atom is -0.449 e. The average Bonchev–Trinajstić information content (AvgIpc) is 2.54. The van der Waals surface area contributed by atoms with Gasteiger partial charge in [-0.25, -0.2) is 4.79 Å². The second-order valence-corrected chi connectivity index (χ2v) is 6.02. The molecule has 0 spiro atoms. The molecule has 0 fully saturated rings. The maximum Gasteiger partial charge on any atom is 0.410 e. The van der Waals surface area contributed by atoms with E-state index in [0.717, 1.165) is 36.8 Å². The number of ether oxygens (including phenoxy) is 1. The van der Waals surface area contributed by atoms with Crippen molar-refractivity contribution in [1.82, 2.24) is 10.2 Å². The van der Waals surface area contributed by atoms with Gasteiger partial charge in [-0.15, -0.1) is 0 Å². The van der Waals surface area contributed by atoms with Crippen LogP contribution >= 0.6 is 0 Å². The zero-order chi connectivity index (χ0) is 17.8. The van der Waals surface area contributed by atoms with Crippen LogP contribution in [0.25, 0.3) is 0 Å². The van der Waals surface area contributed by atoms with Crippen LogP contribution in [0.4, 0.5) is 4.79 Å². The molecule has 0 aliphatic heterocycles. The number of hydrogen-bond acceptors (Lipinski definition) is 3. The Morgan fingerprint density at radius 1 is 1.17 bits per heavy atom. The van der Waals surface area contributed by atoms with E-state index in [1.165, 1.54) is 4.90 Å². The van der Waals surface area contributed by atoms with Crippen LogP contribution in [0.2, 0.25) is 0 Å². The van der Waals surface area contributed by atoms with E-state index < -0.39 is 6.09 Å². The van der Waals surface area contributed by atoms with Crippen molar-refractivity contribution in [1.29, 1.82) is 0 Å². The first kappa shape index (κ1) is 20.0. The van der Waals surface area contributed by atoms with Gasteiger partial charge in [0.15, 0.2) is 0 Å². The molecule has 0 radical (unpaired) electrons. The normalized spacial score (nSPS) is 10.3. The molecule has 2 amide bonds. The highest BCUT2D eigenvalue weighted by atomic mass is 16.6. The average molecular weight is 334 g/mol. The first-order valence-electron chi connectivity index (χ1n) is 8.80. The molecule has 0 saturated carbocycles. The molecule has 0 aromatic heterocycles. The summed E-state index contributed by atoms with van der Waals surface area (Å²) in [5.41, 5.74) is 2.11. The van der Waals surface area contributed by atoms with E-state index in [1.807, 2.05) is 38.1 Å². The lowest BCUT2D eigenvalue weighted by atomic mass is 10.1. The van der Waals surface area contributed by atoms with E-state index in [0.29, 0.717) is 19.7 Å². The Kier molecular flexibility index (Phi) is 9.58. The van der Waals surface area contributed by atoms with Crippen LogP contribution in [-0.2, 0) is 16.1 Å². The minimum atomic E-state index is -0.435. The van der Waals surface area contributed by atoms with Crippen LogP contribution in [0.1, 0.15) is 50.7 Å². The number of rotatable bonds is 10. The number of amides is 2. The van der Waals surface area contributed by atoms with Crippen molar-refractivity contribution < 1.29 is 14.3 Å². The molecule has 1 aromatic carbocycles. The number of aryl methyl sites for hydroxylation is 1. The summed E-state index contributed by atoms with van der Waals surface area (Å²) in [6.45, 7) is 7.53. The van der Waals surface area contributed by atoms with E-state index in [4.69, 9.17) is 4.74 Å². The zero-order valence-corrected chi connectivity index (χ0v) is 15.1. The Labute approximate surface area is 145 Å². The molecule has 5 heteroatoms. The molecule has 134 valence electrons. The molecule has 1 aromatic rings. The number of carbonyl (C=O) groups excluding carboxylic acids is 2. The number of nitrogens with one attached hydrogen (secondary N) is 1. The van der Waals surface area contributed by atoms with Crippen molar-refractivity contribution in [2.75, 3.05) is 19.7 Å². The quantitative estimate of drug-likeness (QED) is 0.665. The summed E-state index contributed by atoms with van der Waals surface area (Å²) in [5, 5.41) is 2.84. The molecule has 0 heterocycles. The van der Waals surface area contributed by atoms with Crippen molar-refractivity contribution >= 4 is 12.0 Å². The maximum atomic E-state index is 12.3. The van der Waals surface area contributed by atoms with Crippen LogP contribution < -0.4 is 5.32 Å². The Hall–Kier alpha value is -2.04. The Morgan fingerprint density at radius 2 is 1.92 bits per heavy atom. The van der Waals surface area contributed by atoms with Gasteiger partial charge in [0, 0.05) is 13.1 Å². The summed E-state index contributed by atoms with van der Waals surface area (Å²) in [4.78, 5) is 25.8. The third-order valence-electron chi connectivity index (χ3n) is 3.62. The highest BCUT2D eigenvalue weighted by molar-refractivity contribution is 5.82. The van der Waals surface area contributed by atoms with Gasteiger partial charge in [-0.05, 0) is 25.3 Å². The highest BCUT2D eigenvalue weighted by Crippen LogP contribution is 2.09. The monoisotopic (exact) mass is 334 g/mol. The van der Waals surface area contributed by atoms with Crippen LogP contribution in [0.3, 0.4) is 0 Å². The number of benzene rings is 1. The van der Waals surface area contributed by atoms with Crippen LogP contribution in [0.5, 0.6) is 0 Å². The fourth-order valence-corrected chi connectivity index (χ4v) is 2.24. The first-order valence-corrected chi connectivity index (χ1v) is 8.80. The fourth-order valence-electron chi connectivity index (χ4n) is 2.24. The molecule has 0 unspecified atom stereocenters. The lowest BCUT2D eigenvalue weighted by Gasteiger charge is -2.22. The van der Waals surface area contributed by atoms with Gasteiger partial charge >= 0.3 is 6.09 Å². The third kappa shape index (κ3) is 7.99. The Bertz CT molecular complexity index is 517. The first-order chi connectivity index (χ1) is 11.6. The summed E-state index contributed by atoms with van der Waals surface area (Å²) in [6.07, 6.45) is 3.31. The minimum absolute atomic E-state index is 0.0165. The van der Waals surface area contributed by atoms with Gasteiger partial charge in [0.25, 0.3) is 0 Å². The molecular formula is C19H30N2O3. The number of carbonyl (C=O) groups is 2. The molecular weight excluding hydrogens is 304 g/mol.